The summed E-state index contributed by atoms with van der Waals surface area (Å²) in [5.74, 6) is -1.35. The molecule has 2 fully saturated rings. The van der Waals surface area contributed by atoms with Crippen molar-refractivity contribution in [1.29, 1.82) is 0 Å². The van der Waals surface area contributed by atoms with E-state index in [0.717, 1.165) is 22.1 Å². The van der Waals surface area contributed by atoms with Gasteiger partial charge in [-0.2, -0.15) is 0 Å². The van der Waals surface area contributed by atoms with Crippen molar-refractivity contribution in [3.8, 4) is 5.75 Å². The summed E-state index contributed by atoms with van der Waals surface area (Å²) in [6, 6.07) is 29.5. The first-order chi connectivity index (χ1) is 19.4. The molecule has 10 heteroatoms. The van der Waals surface area contributed by atoms with Crippen LogP contribution in [-0.4, -0.2) is 22.8 Å². The topological polar surface area (TPSA) is 102 Å². The lowest BCUT2D eigenvalue weighted by Crippen LogP contribution is -2.37. The Bertz CT molecular complexity index is 1580. The van der Waals surface area contributed by atoms with Crippen molar-refractivity contribution in [3.05, 3.63) is 129 Å². The first-order valence-electron chi connectivity index (χ1n) is 12.5. The van der Waals surface area contributed by atoms with Crippen molar-refractivity contribution < 1.29 is 24.1 Å². The predicted octanol–water partition coefficient (Wildman–Crippen LogP) is 5.88. The third-order valence-electron chi connectivity index (χ3n) is 6.98. The summed E-state index contributed by atoms with van der Waals surface area (Å²) in [7, 11) is 0. The highest BCUT2D eigenvalue weighted by Crippen LogP contribution is 2.48. The number of nitrogens with zero attached hydrogens (tertiary/aromatic N) is 3. The van der Waals surface area contributed by atoms with Crippen molar-refractivity contribution in [2.45, 2.75) is 18.8 Å². The first kappa shape index (κ1) is 25.5. The molecule has 0 aliphatic carbocycles. The average Bonchev–Trinajstić information content (AvgIpc) is 3.49. The molecular formula is C30H22ClN3O6. The van der Waals surface area contributed by atoms with Gasteiger partial charge in [-0.15, -0.1) is 0 Å². The Morgan fingerprint density at radius 1 is 0.850 bits per heavy atom. The van der Waals surface area contributed by atoms with Gasteiger partial charge in [-0.3, -0.25) is 24.5 Å². The monoisotopic (exact) mass is 555 g/mol. The largest absolute Gasteiger partial charge is 0.489 e. The molecule has 200 valence electrons. The van der Waals surface area contributed by atoms with Gasteiger partial charge < -0.3 is 4.74 Å². The number of carbonyl (C=O) groups is 2. The number of nitro benzene ring substituents is 1. The molecule has 4 aromatic rings. The molecule has 3 atom stereocenters. The second-order valence-corrected chi connectivity index (χ2v) is 9.81. The van der Waals surface area contributed by atoms with E-state index in [1.54, 1.807) is 5.06 Å². The van der Waals surface area contributed by atoms with E-state index in [1.807, 2.05) is 84.9 Å². The van der Waals surface area contributed by atoms with Crippen molar-refractivity contribution >= 4 is 40.5 Å². The molecule has 0 radical (unpaired) electrons. The van der Waals surface area contributed by atoms with Gasteiger partial charge in [0.1, 0.15) is 23.3 Å². The van der Waals surface area contributed by atoms with E-state index in [4.69, 9.17) is 21.2 Å². The first-order valence-corrected chi connectivity index (χ1v) is 12.9. The van der Waals surface area contributed by atoms with Crippen LogP contribution in [0.3, 0.4) is 0 Å². The van der Waals surface area contributed by atoms with Crippen molar-refractivity contribution in [3.63, 3.8) is 0 Å². The molecule has 4 aromatic carbocycles. The van der Waals surface area contributed by atoms with Gasteiger partial charge in [-0.05, 0) is 47.5 Å². The van der Waals surface area contributed by atoms with Gasteiger partial charge in [0, 0.05) is 6.07 Å². The molecule has 6 rings (SSSR count). The minimum Gasteiger partial charge on any atom is -0.489 e. The minimum atomic E-state index is -1.11. The summed E-state index contributed by atoms with van der Waals surface area (Å²) in [6.07, 6.45) is -1.11. The number of imide groups is 1. The predicted molar refractivity (Wildman–Crippen MR) is 148 cm³/mol. The number of nitro groups is 1. The molecule has 0 saturated carbocycles. The summed E-state index contributed by atoms with van der Waals surface area (Å²) < 4.78 is 5.92. The maximum Gasteiger partial charge on any atom is 0.289 e. The highest BCUT2D eigenvalue weighted by atomic mass is 35.5. The molecule has 0 aromatic heterocycles. The molecule has 2 aliphatic rings. The molecule has 0 N–H and O–H groups in total. The summed E-state index contributed by atoms with van der Waals surface area (Å²) in [5.41, 5.74) is 2.13. The van der Waals surface area contributed by atoms with Crippen LogP contribution < -0.4 is 14.7 Å². The Balaban J connectivity index is 1.32. The quantitative estimate of drug-likeness (QED) is 0.159. The Morgan fingerprint density at radius 3 is 2.20 bits per heavy atom. The van der Waals surface area contributed by atoms with Crippen LogP contribution in [-0.2, 0) is 21.0 Å². The summed E-state index contributed by atoms with van der Waals surface area (Å²) in [6.45, 7) is 0.405. The van der Waals surface area contributed by atoms with Gasteiger partial charge in [0.25, 0.3) is 11.6 Å². The van der Waals surface area contributed by atoms with E-state index in [9.17, 15) is 19.7 Å². The molecule has 40 heavy (non-hydrogen) atoms. The zero-order valence-electron chi connectivity index (χ0n) is 20.9. The van der Waals surface area contributed by atoms with Crippen LogP contribution in [0, 0.1) is 16.0 Å². The number of carbonyl (C=O) groups excluding carboxylic acids is 2. The molecule has 9 nitrogen and oxygen atoms in total. The van der Waals surface area contributed by atoms with Gasteiger partial charge in [-0.25, -0.2) is 9.96 Å². The number of amides is 2. The van der Waals surface area contributed by atoms with Gasteiger partial charge in [0.2, 0.25) is 5.91 Å². The third-order valence-corrected chi connectivity index (χ3v) is 7.30. The number of rotatable bonds is 7. The smallest absolute Gasteiger partial charge is 0.289 e. The number of ether oxygens (including phenoxy) is 1. The SMILES string of the molecule is O=C1[C@@H]2[C@@H](c3ccc(OCc4ccccc4)cc3)N(c3ccccc3)O[C@H]2C(=O)N1c1ccc(Cl)c([N+](=O)[O-])c1. The minimum absolute atomic E-state index is 0.0683. The number of hydroxylamine groups is 1. The Kier molecular flexibility index (Phi) is 6.67. The van der Waals surface area contributed by atoms with Crippen LogP contribution in [0.4, 0.5) is 17.1 Å². The molecule has 2 amide bonds. The number of anilines is 2. The number of halogens is 1. The number of hydrogen-bond donors (Lipinski definition) is 0. The lowest BCUT2D eigenvalue weighted by Gasteiger charge is -2.28. The fraction of sp³-hybridized carbons (Fsp3) is 0.133. The van der Waals surface area contributed by atoms with Crippen LogP contribution in [0.25, 0.3) is 0 Å². The Morgan fingerprint density at radius 2 is 1.52 bits per heavy atom. The fourth-order valence-corrected chi connectivity index (χ4v) is 5.28. The van der Waals surface area contributed by atoms with Gasteiger partial charge in [0.15, 0.2) is 6.10 Å². The molecule has 2 heterocycles. The Hall–Kier alpha value is -4.73. The van der Waals surface area contributed by atoms with E-state index >= 15 is 0 Å². The fourth-order valence-electron chi connectivity index (χ4n) is 5.09. The molecule has 0 bridgehead atoms. The van der Waals surface area contributed by atoms with Crippen LogP contribution >= 0.6 is 11.6 Å². The van der Waals surface area contributed by atoms with E-state index in [0.29, 0.717) is 18.0 Å². The van der Waals surface area contributed by atoms with Crippen LogP contribution in [0.2, 0.25) is 5.02 Å². The van der Waals surface area contributed by atoms with Gasteiger partial charge in [-0.1, -0.05) is 72.3 Å². The van der Waals surface area contributed by atoms with Crippen molar-refractivity contribution in [1.82, 2.24) is 0 Å². The average molecular weight is 556 g/mol. The number of fused-ring (bicyclic) bond motifs is 1. The molecule has 2 saturated heterocycles. The van der Waals surface area contributed by atoms with E-state index < -0.39 is 40.5 Å². The molecule has 2 aliphatic heterocycles. The lowest BCUT2D eigenvalue weighted by molar-refractivity contribution is -0.384. The van der Waals surface area contributed by atoms with Gasteiger partial charge in [0.05, 0.1) is 22.3 Å². The maximum atomic E-state index is 13.8. The highest BCUT2D eigenvalue weighted by Gasteiger charge is 2.60. The maximum absolute atomic E-state index is 13.8. The normalized spacial score (nSPS) is 20.1. The standard InChI is InChI=1S/C30H22ClN3O6/c31-24-16-13-22(17-25(24)34(37)38)32-29(35)26-27(33(40-28(26)30(32)36)21-9-5-2-6-10-21)20-11-14-23(15-12-20)39-18-19-7-3-1-4-8-19/h1-17,26-28H,18H2/t26-,27-,28-/m1/s1. The van der Waals surface area contributed by atoms with E-state index in [1.165, 1.54) is 12.1 Å². The van der Waals surface area contributed by atoms with Crippen LogP contribution in [0.1, 0.15) is 17.2 Å². The number of benzene rings is 4. The van der Waals surface area contributed by atoms with Crippen LogP contribution in [0.5, 0.6) is 5.75 Å². The summed E-state index contributed by atoms with van der Waals surface area (Å²) >= 11 is 5.95. The van der Waals surface area contributed by atoms with E-state index in [-0.39, 0.29) is 10.7 Å². The summed E-state index contributed by atoms with van der Waals surface area (Å²) in [4.78, 5) is 45.2. The third kappa shape index (κ3) is 4.55. The number of para-hydroxylation sites is 1. The zero-order chi connectivity index (χ0) is 27.8. The zero-order valence-corrected chi connectivity index (χ0v) is 21.7. The Labute approximate surface area is 234 Å². The number of hydrogen-bond acceptors (Lipinski definition) is 7. The molecular weight excluding hydrogens is 534 g/mol. The van der Waals surface area contributed by atoms with Crippen molar-refractivity contribution in [2.75, 3.05) is 9.96 Å². The summed E-state index contributed by atoms with van der Waals surface area (Å²) in [5, 5.41) is 12.9. The van der Waals surface area contributed by atoms with E-state index in [2.05, 4.69) is 0 Å². The highest BCUT2D eigenvalue weighted by molar-refractivity contribution is 6.33. The van der Waals surface area contributed by atoms with Gasteiger partial charge >= 0.3 is 0 Å². The van der Waals surface area contributed by atoms with Crippen LogP contribution in [0.15, 0.2) is 103 Å². The molecule has 0 spiro atoms. The lowest BCUT2D eigenvalue weighted by atomic mass is 9.90. The second kappa shape index (κ2) is 10.4. The van der Waals surface area contributed by atoms with Crippen molar-refractivity contribution in [2.24, 2.45) is 5.92 Å². The molecule has 0 unspecified atom stereocenters. The second-order valence-electron chi connectivity index (χ2n) is 9.41.